The molecule has 0 aromatic heterocycles. The molecule has 2 aliphatic rings. The average Bonchev–Trinajstić information content (AvgIpc) is 2.93. The Bertz CT molecular complexity index is 472. The second-order valence-corrected chi connectivity index (χ2v) is 4.63. The number of hydrogen-bond donors (Lipinski definition) is 1. The second-order valence-electron chi connectivity index (χ2n) is 4.63. The van der Waals surface area contributed by atoms with Crippen LogP contribution in [0.5, 0.6) is 0 Å². The Morgan fingerprint density at radius 3 is 2.94 bits per heavy atom. The van der Waals surface area contributed by atoms with Crippen LogP contribution >= 0.6 is 0 Å². The first kappa shape index (κ1) is 10.5. The maximum atomic E-state index is 11.9. The summed E-state index contributed by atoms with van der Waals surface area (Å²) < 4.78 is 0. The van der Waals surface area contributed by atoms with Crippen LogP contribution in [0.15, 0.2) is 24.3 Å². The first-order valence-corrected chi connectivity index (χ1v) is 5.86. The topological polar surface area (TPSA) is 49.4 Å². The zero-order valence-corrected chi connectivity index (χ0v) is 9.43. The van der Waals surface area contributed by atoms with Gasteiger partial charge in [0.25, 0.3) is 0 Å². The molecular formula is C13H14N2O2. The van der Waals surface area contributed by atoms with E-state index in [9.17, 15) is 9.59 Å². The molecule has 2 atom stereocenters. The fourth-order valence-corrected chi connectivity index (χ4v) is 2.71. The zero-order valence-electron chi connectivity index (χ0n) is 9.43. The van der Waals surface area contributed by atoms with E-state index in [0.29, 0.717) is 18.2 Å². The number of likely N-dealkylation sites (tertiary alicyclic amines) is 1. The van der Waals surface area contributed by atoms with Crippen molar-refractivity contribution in [1.82, 2.24) is 10.2 Å². The Morgan fingerprint density at radius 1 is 1.41 bits per heavy atom. The molecule has 1 aromatic carbocycles. The van der Waals surface area contributed by atoms with Gasteiger partial charge in [-0.2, -0.15) is 0 Å². The number of carbonyl (C=O) groups excluding carboxylic acids is 2. The summed E-state index contributed by atoms with van der Waals surface area (Å²) in [6.45, 7) is 1.43. The van der Waals surface area contributed by atoms with E-state index in [1.807, 2.05) is 23.1 Å². The molecule has 2 unspecified atom stereocenters. The normalized spacial score (nSPS) is 26.6. The van der Waals surface area contributed by atoms with Crippen molar-refractivity contribution in [3.63, 3.8) is 0 Å². The van der Waals surface area contributed by atoms with Crippen molar-refractivity contribution in [2.24, 2.45) is 0 Å². The van der Waals surface area contributed by atoms with E-state index in [2.05, 4.69) is 5.32 Å². The highest BCUT2D eigenvalue weighted by Gasteiger charge is 2.44. The van der Waals surface area contributed by atoms with Crippen LogP contribution in [0, 0.1) is 0 Å². The summed E-state index contributed by atoms with van der Waals surface area (Å²) in [7, 11) is 0. The third kappa shape index (κ3) is 1.65. The number of nitrogens with zero attached hydrogens (tertiary/aromatic N) is 1. The van der Waals surface area contributed by atoms with Crippen molar-refractivity contribution in [1.29, 1.82) is 0 Å². The summed E-state index contributed by atoms with van der Waals surface area (Å²) in [6.07, 6.45) is 1.76. The van der Waals surface area contributed by atoms with Crippen molar-refractivity contribution < 1.29 is 9.59 Å². The SMILES string of the molecule is O=Cc1ccccc1CN1C(=O)C2CC1CN2. The minimum absolute atomic E-state index is 0.00314. The standard InChI is InChI=1S/C13H14N2O2/c16-8-10-4-2-1-3-9(10)7-15-11-5-12(13(15)17)14-6-11/h1-4,8,11-12,14H,5-7H2. The number of fused-ring (bicyclic) bond motifs is 2. The van der Waals surface area contributed by atoms with Gasteiger partial charge in [-0.15, -0.1) is 0 Å². The summed E-state index contributed by atoms with van der Waals surface area (Å²) in [5.41, 5.74) is 1.61. The molecule has 0 aliphatic carbocycles. The van der Waals surface area contributed by atoms with Crippen molar-refractivity contribution >= 4 is 12.2 Å². The van der Waals surface area contributed by atoms with Crippen LogP contribution in [-0.4, -0.2) is 35.7 Å². The minimum atomic E-state index is 0.00314. The molecule has 4 nitrogen and oxygen atoms in total. The van der Waals surface area contributed by atoms with E-state index < -0.39 is 0 Å². The molecule has 2 bridgehead atoms. The first-order chi connectivity index (χ1) is 8.29. The Hall–Kier alpha value is -1.68. The quantitative estimate of drug-likeness (QED) is 0.772. The predicted molar refractivity (Wildman–Crippen MR) is 62.6 cm³/mol. The fourth-order valence-electron chi connectivity index (χ4n) is 2.71. The van der Waals surface area contributed by atoms with E-state index in [0.717, 1.165) is 24.8 Å². The van der Waals surface area contributed by atoms with Crippen LogP contribution < -0.4 is 5.32 Å². The predicted octanol–water partition coefficient (Wildman–Crippen LogP) is 0.572. The van der Waals surface area contributed by atoms with Gasteiger partial charge < -0.3 is 10.2 Å². The smallest absolute Gasteiger partial charge is 0.240 e. The molecule has 0 radical (unpaired) electrons. The van der Waals surface area contributed by atoms with Gasteiger partial charge in [0.05, 0.1) is 6.04 Å². The Kier molecular flexibility index (Phi) is 2.44. The highest BCUT2D eigenvalue weighted by Crippen LogP contribution is 2.26. The van der Waals surface area contributed by atoms with Crippen LogP contribution in [0.4, 0.5) is 0 Å². The number of benzene rings is 1. The van der Waals surface area contributed by atoms with Crippen molar-refractivity contribution in [3.05, 3.63) is 35.4 Å². The van der Waals surface area contributed by atoms with Crippen LogP contribution in [0.25, 0.3) is 0 Å². The second kappa shape index (κ2) is 3.96. The van der Waals surface area contributed by atoms with E-state index >= 15 is 0 Å². The average molecular weight is 230 g/mol. The van der Waals surface area contributed by atoms with Gasteiger partial charge in [-0.3, -0.25) is 9.59 Å². The van der Waals surface area contributed by atoms with Crippen LogP contribution in [0.1, 0.15) is 22.3 Å². The lowest BCUT2D eigenvalue weighted by molar-refractivity contribution is -0.132. The van der Waals surface area contributed by atoms with Crippen LogP contribution in [-0.2, 0) is 11.3 Å². The van der Waals surface area contributed by atoms with Gasteiger partial charge in [0.2, 0.25) is 5.91 Å². The lowest BCUT2D eigenvalue weighted by atomic mass is 10.1. The molecule has 1 N–H and O–H groups in total. The molecule has 2 fully saturated rings. The number of rotatable bonds is 3. The number of piperazine rings is 1. The highest BCUT2D eigenvalue weighted by molar-refractivity contribution is 5.86. The molecular weight excluding hydrogens is 216 g/mol. The third-order valence-corrected chi connectivity index (χ3v) is 3.65. The Balaban J connectivity index is 1.83. The van der Waals surface area contributed by atoms with Gasteiger partial charge in [-0.1, -0.05) is 24.3 Å². The summed E-state index contributed by atoms with van der Waals surface area (Å²) >= 11 is 0. The molecule has 4 heteroatoms. The summed E-state index contributed by atoms with van der Waals surface area (Å²) in [4.78, 5) is 24.8. The first-order valence-electron chi connectivity index (χ1n) is 5.86. The maximum Gasteiger partial charge on any atom is 0.240 e. The molecule has 1 amide bonds. The number of aldehydes is 1. The Morgan fingerprint density at radius 2 is 2.24 bits per heavy atom. The number of amides is 1. The summed E-state index contributed by atoms with van der Waals surface area (Å²) in [6, 6.07) is 7.75. The fraction of sp³-hybridized carbons (Fsp3) is 0.385. The Labute approximate surface area is 99.6 Å². The van der Waals surface area contributed by atoms with E-state index in [1.165, 1.54) is 0 Å². The lowest BCUT2D eigenvalue weighted by Crippen LogP contribution is -2.47. The van der Waals surface area contributed by atoms with E-state index in [1.54, 1.807) is 6.07 Å². The van der Waals surface area contributed by atoms with Crippen LogP contribution in [0.3, 0.4) is 0 Å². The van der Waals surface area contributed by atoms with Gasteiger partial charge in [0, 0.05) is 24.7 Å². The molecule has 3 rings (SSSR count). The van der Waals surface area contributed by atoms with Gasteiger partial charge in [0.15, 0.2) is 0 Å². The minimum Gasteiger partial charge on any atom is -0.333 e. The van der Waals surface area contributed by atoms with Gasteiger partial charge >= 0.3 is 0 Å². The monoisotopic (exact) mass is 230 g/mol. The van der Waals surface area contributed by atoms with Gasteiger partial charge in [-0.25, -0.2) is 0 Å². The number of nitrogens with one attached hydrogen (secondary N) is 1. The molecule has 2 heterocycles. The molecule has 17 heavy (non-hydrogen) atoms. The highest BCUT2D eigenvalue weighted by atomic mass is 16.2. The van der Waals surface area contributed by atoms with Crippen LogP contribution in [0.2, 0.25) is 0 Å². The largest absolute Gasteiger partial charge is 0.333 e. The molecule has 1 aromatic rings. The summed E-state index contributed by atoms with van der Waals surface area (Å²) in [5, 5.41) is 3.19. The number of hydrogen-bond acceptors (Lipinski definition) is 3. The van der Waals surface area contributed by atoms with E-state index in [-0.39, 0.29) is 11.9 Å². The molecule has 2 aliphatic heterocycles. The number of carbonyl (C=O) groups is 2. The van der Waals surface area contributed by atoms with Crippen molar-refractivity contribution in [2.75, 3.05) is 6.54 Å². The molecule has 0 spiro atoms. The van der Waals surface area contributed by atoms with Gasteiger partial charge in [0.1, 0.15) is 6.29 Å². The summed E-state index contributed by atoms with van der Waals surface area (Å²) in [5.74, 6) is 0.168. The molecule has 88 valence electrons. The molecule has 2 saturated heterocycles. The molecule has 0 saturated carbocycles. The van der Waals surface area contributed by atoms with Crippen molar-refractivity contribution in [3.8, 4) is 0 Å². The van der Waals surface area contributed by atoms with Crippen molar-refractivity contribution in [2.45, 2.75) is 25.0 Å². The van der Waals surface area contributed by atoms with E-state index in [4.69, 9.17) is 0 Å². The zero-order chi connectivity index (χ0) is 11.8. The maximum absolute atomic E-state index is 11.9. The van der Waals surface area contributed by atoms with Gasteiger partial charge in [-0.05, 0) is 12.0 Å². The third-order valence-electron chi connectivity index (χ3n) is 3.65. The lowest BCUT2D eigenvalue weighted by Gasteiger charge is -2.27.